The van der Waals surface area contributed by atoms with Gasteiger partial charge in [-0.25, -0.2) is 18.1 Å². The van der Waals surface area contributed by atoms with E-state index in [1.165, 1.54) is 28.8 Å². The second-order valence-corrected chi connectivity index (χ2v) is 24.0. The molecule has 2 saturated heterocycles. The van der Waals surface area contributed by atoms with Crippen LogP contribution in [0.3, 0.4) is 0 Å². The summed E-state index contributed by atoms with van der Waals surface area (Å²) in [6.07, 6.45) is 10.4. The molecule has 76 heavy (non-hydrogen) atoms. The topological polar surface area (TPSA) is 205 Å². The van der Waals surface area contributed by atoms with Crippen molar-refractivity contribution in [3.63, 3.8) is 0 Å². The number of ether oxygens (including phenoxy) is 3. The lowest BCUT2D eigenvalue weighted by Gasteiger charge is -2.58. The van der Waals surface area contributed by atoms with E-state index < -0.39 is 37.0 Å². The smallest absolute Gasteiger partial charge is 0.293 e. The maximum atomic E-state index is 14.1. The summed E-state index contributed by atoms with van der Waals surface area (Å²) in [5, 5.41) is 26.5. The third kappa shape index (κ3) is 10.9. The van der Waals surface area contributed by atoms with Crippen molar-refractivity contribution in [2.75, 3.05) is 62.7 Å². The van der Waals surface area contributed by atoms with Crippen LogP contribution in [0.1, 0.15) is 111 Å². The minimum absolute atomic E-state index is 0.0314. The number of amides is 1. The summed E-state index contributed by atoms with van der Waals surface area (Å²) in [5.41, 5.74) is 4.77. The SMILES string of the molecule is CC(C)c1ccccc1C1CN(Cc2ccc3c(c2)OCCO3)CCN1C1CC2(CCN(c3ccc(C(=O)NS(=O)(=O)c4ccc(NC[C@H]5CC[C@](C)(O)CC5)c([N+](=O)[O-])c4)c(Oc4cnc5[nH]ccc5c4)c3)CC2)C1. The van der Waals surface area contributed by atoms with Gasteiger partial charge in [-0.05, 0) is 141 Å². The van der Waals surface area contributed by atoms with Crippen molar-refractivity contribution in [1.29, 1.82) is 0 Å². The molecule has 3 aliphatic heterocycles. The molecule has 1 unspecified atom stereocenters. The predicted octanol–water partition coefficient (Wildman–Crippen LogP) is 9.94. The molecule has 0 radical (unpaired) electrons. The van der Waals surface area contributed by atoms with Gasteiger partial charge in [-0.15, -0.1) is 0 Å². The fourth-order valence-corrected chi connectivity index (χ4v) is 13.4. The number of hydrogen-bond acceptors (Lipinski definition) is 14. The minimum Gasteiger partial charge on any atom is -0.486 e. The number of nitro groups is 1. The van der Waals surface area contributed by atoms with Crippen molar-refractivity contribution in [3.05, 3.63) is 136 Å². The summed E-state index contributed by atoms with van der Waals surface area (Å²) >= 11 is 0. The van der Waals surface area contributed by atoms with Crippen LogP contribution in [0.5, 0.6) is 23.0 Å². The summed E-state index contributed by atoms with van der Waals surface area (Å²) in [5.74, 6) is 1.79. The normalized spacial score (nSPS) is 22.1. The van der Waals surface area contributed by atoms with Crippen LogP contribution in [0.4, 0.5) is 17.1 Å². The molecule has 2 saturated carbocycles. The number of nitrogens with one attached hydrogen (secondary N) is 3. The first kappa shape index (κ1) is 51.4. The number of pyridine rings is 1. The highest BCUT2D eigenvalue weighted by atomic mass is 32.2. The van der Waals surface area contributed by atoms with E-state index in [2.05, 4.69) is 85.0 Å². The molecule has 2 aliphatic carbocycles. The Labute approximate surface area is 444 Å². The van der Waals surface area contributed by atoms with E-state index in [-0.39, 0.29) is 34.4 Å². The maximum absolute atomic E-state index is 14.1. The predicted molar refractivity (Wildman–Crippen MR) is 291 cm³/mol. The number of piperidine rings is 1. The summed E-state index contributed by atoms with van der Waals surface area (Å²) in [4.78, 5) is 40.6. The van der Waals surface area contributed by atoms with Gasteiger partial charge in [-0.3, -0.25) is 24.7 Å². The molecule has 4 N–H and O–H groups in total. The first-order valence-electron chi connectivity index (χ1n) is 26.8. The maximum Gasteiger partial charge on any atom is 0.293 e. The Balaban J connectivity index is 0.776. The second-order valence-electron chi connectivity index (χ2n) is 22.4. The van der Waals surface area contributed by atoms with Crippen LogP contribution in [-0.4, -0.2) is 108 Å². The molecule has 0 bridgehead atoms. The van der Waals surface area contributed by atoms with E-state index in [0.717, 1.165) is 106 Å². The van der Waals surface area contributed by atoms with E-state index in [1.807, 2.05) is 25.1 Å². The third-order valence-electron chi connectivity index (χ3n) is 16.8. The number of carbonyl (C=O) groups is 1. The minimum atomic E-state index is -4.59. The number of nitrogens with zero attached hydrogens (tertiary/aromatic N) is 5. The van der Waals surface area contributed by atoms with Crippen molar-refractivity contribution in [2.24, 2.45) is 11.3 Å². The van der Waals surface area contributed by atoms with Crippen molar-refractivity contribution < 1.29 is 37.5 Å². The summed E-state index contributed by atoms with van der Waals surface area (Å²) in [7, 11) is -4.59. The Morgan fingerprint density at radius 3 is 2.49 bits per heavy atom. The van der Waals surface area contributed by atoms with Crippen LogP contribution in [0.15, 0.2) is 108 Å². The molecular weight excluding hydrogens is 985 g/mol. The van der Waals surface area contributed by atoms with Gasteiger partial charge in [0.15, 0.2) is 11.5 Å². The van der Waals surface area contributed by atoms with Crippen molar-refractivity contribution in [1.82, 2.24) is 24.5 Å². The van der Waals surface area contributed by atoms with Gasteiger partial charge in [0.25, 0.3) is 21.6 Å². The quantitative estimate of drug-likeness (QED) is 0.0558. The largest absolute Gasteiger partial charge is 0.486 e. The molecule has 2 aromatic heterocycles. The number of anilines is 2. The number of sulfonamides is 1. The Morgan fingerprint density at radius 2 is 1.71 bits per heavy atom. The summed E-state index contributed by atoms with van der Waals surface area (Å²) in [6.45, 7) is 13.3. The molecule has 1 amide bonds. The van der Waals surface area contributed by atoms with Crippen LogP contribution in [0.2, 0.25) is 0 Å². The number of carbonyl (C=O) groups excluding carboxylic acids is 1. The number of hydrogen-bond donors (Lipinski definition) is 4. The second kappa shape index (κ2) is 21.0. The highest BCUT2D eigenvalue weighted by molar-refractivity contribution is 7.90. The van der Waals surface area contributed by atoms with Gasteiger partial charge in [0.1, 0.15) is 36.0 Å². The Kier molecular flexibility index (Phi) is 14.2. The lowest BCUT2D eigenvalue weighted by Crippen LogP contribution is -2.60. The number of piperazine rings is 1. The average Bonchev–Trinajstić information content (AvgIpc) is 3.88. The van der Waals surface area contributed by atoms with E-state index in [1.54, 1.807) is 30.6 Å². The van der Waals surface area contributed by atoms with Gasteiger partial charge in [0.05, 0.1) is 27.2 Å². The monoisotopic (exact) mass is 1050 g/mol. The molecule has 1 spiro atoms. The zero-order valence-corrected chi connectivity index (χ0v) is 44.3. The number of aromatic amines is 1. The number of nitro benzene ring substituents is 1. The zero-order valence-electron chi connectivity index (χ0n) is 43.5. The fraction of sp³-hybridized carbons (Fsp3) is 0.448. The van der Waals surface area contributed by atoms with E-state index in [0.29, 0.717) is 56.0 Å². The lowest BCUT2D eigenvalue weighted by molar-refractivity contribution is -0.384. The van der Waals surface area contributed by atoms with Gasteiger partial charge < -0.3 is 34.5 Å². The highest BCUT2D eigenvalue weighted by Crippen LogP contribution is 2.53. The molecule has 400 valence electrons. The number of benzene rings is 4. The number of H-pyrrole nitrogens is 1. The highest BCUT2D eigenvalue weighted by Gasteiger charge is 2.50. The molecule has 4 aromatic carbocycles. The zero-order chi connectivity index (χ0) is 52.8. The average molecular weight is 1050 g/mol. The van der Waals surface area contributed by atoms with Crippen molar-refractivity contribution >= 4 is 44.0 Å². The summed E-state index contributed by atoms with van der Waals surface area (Å²) < 4.78 is 48.0. The molecule has 1 atom stereocenters. The van der Waals surface area contributed by atoms with Crippen molar-refractivity contribution in [3.8, 4) is 23.0 Å². The first-order valence-corrected chi connectivity index (χ1v) is 28.3. The molecule has 18 heteroatoms. The van der Waals surface area contributed by atoms with E-state index in [9.17, 15) is 28.4 Å². The van der Waals surface area contributed by atoms with Gasteiger partial charge in [-0.1, -0.05) is 44.2 Å². The molecule has 5 aliphatic rings. The van der Waals surface area contributed by atoms with Crippen molar-refractivity contribution in [2.45, 2.75) is 107 Å². The van der Waals surface area contributed by atoms with Gasteiger partial charge in [0, 0.05) is 87.3 Å². The molecule has 17 nitrogen and oxygen atoms in total. The number of fused-ring (bicyclic) bond motifs is 2. The van der Waals surface area contributed by atoms with Crippen LogP contribution in [0.25, 0.3) is 11.0 Å². The standard InChI is InChI=1S/C58H68N8O9S/c1-38(2)46-6-4-5-7-47(46)51-37-63(36-40-8-13-52-54(28-40)74-27-26-73-52)24-25-65(51)43-32-58(33-43)19-22-64(23-20-58)42-9-11-48(53(30-42)75-44-29-41-16-21-59-55(41)61-35-44)56(67)62-76(71,72)45-10-12-49(50(31-45)66(69)70)60-34-39-14-17-57(3,68)18-15-39/h4-13,16,21,28-31,35,38-39,43,51,60,68H,14-15,17-20,22-27,32-34,36-37H2,1-3H3,(H,59,61)(H,62,67)/t39-,51?,57-. The van der Waals surface area contributed by atoms with E-state index in [4.69, 9.17) is 14.2 Å². The van der Waals surface area contributed by atoms with Crippen LogP contribution in [0, 0.1) is 21.4 Å². The van der Waals surface area contributed by atoms with Gasteiger partial charge in [0.2, 0.25) is 0 Å². The molecule has 6 aromatic rings. The number of aromatic nitrogens is 2. The molecule has 11 rings (SSSR count). The lowest BCUT2D eigenvalue weighted by atomic mass is 9.59. The number of aliphatic hydroxyl groups is 1. The van der Waals surface area contributed by atoms with Gasteiger partial charge in [-0.2, -0.15) is 0 Å². The molecular formula is C58H68N8O9S. The van der Waals surface area contributed by atoms with Crippen LogP contribution in [-0.2, 0) is 16.6 Å². The fourth-order valence-electron chi connectivity index (χ4n) is 12.4. The van der Waals surface area contributed by atoms with E-state index >= 15 is 0 Å². The Morgan fingerprint density at radius 1 is 0.934 bits per heavy atom. The molecule has 5 heterocycles. The van der Waals surface area contributed by atoms with Gasteiger partial charge >= 0.3 is 0 Å². The van der Waals surface area contributed by atoms with Crippen LogP contribution < -0.4 is 29.1 Å². The first-order chi connectivity index (χ1) is 36.6. The number of rotatable bonds is 15. The molecule has 4 fully saturated rings. The Hall–Kier alpha value is -6.73. The Bertz CT molecular complexity index is 3230. The third-order valence-corrected chi connectivity index (χ3v) is 18.1. The summed E-state index contributed by atoms with van der Waals surface area (Å²) in [6, 6.07) is 28.5. The van der Waals surface area contributed by atoms with Crippen LogP contribution >= 0.6 is 0 Å².